The summed E-state index contributed by atoms with van der Waals surface area (Å²) >= 11 is 0. The minimum Gasteiger partial charge on any atom is -0.479 e. The van der Waals surface area contributed by atoms with Crippen LogP contribution < -0.4 is 15.8 Å². The molecule has 0 aromatic heterocycles. The largest absolute Gasteiger partial charge is 0.479 e. The van der Waals surface area contributed by atoms with E-state index in [4.69, 9.17) is 15.7 Å². The topological polar surface area (TPSA) is 71.1 Å². The molecule has 0 amide bonds. The minimum atomic E-state index is 0.0873. The predicted octanol–water partition coefficient (Wildman–Crippen LogP) is 2.52. The smallest absolute Gasteiger partial charge is 0.174 e. The highest BCUT2D eigenvalue weighted by Gasteiger charge is 2.17. The van der Waals surface area contributed by atoms with Crippen LogP contribution in [0.25, 0.3) is 0 Å². The predicted molar refractivity (Wildman–Crippen MR) is 76.0 cm³/mol. The van der Waals surface area contributed by atoms with Gasteiger partial charge < -0.3 is 15.8 Å². The Labute approximate surface area is 114 Å². The van der Waals surface area contributed by atoms with Gasteiger partial charge in [0.25, 0.3) is 0 Å². The molecule has 1 aromatic carbocycles. The number of nitrogens with one attached hydrogen (secondary N) is 1. The second-order valence-corrected chi connectivity index (χ2v) is 5.14. The lowest BCUT2D eigenvalue weighted by Gasteiger charge is -2.26. The number of nitriles is 1. The van der Waals surface area contributed by atoms with Gasteiger partial charge in [-0.05, 0) is 43.7 Å². The van der Waals surface area contributed by atoms with E-state index in [-0.39, 0.29) is 6.61 Å². The molecule has 3 N–H and O–H groups in total. The van der Waals surface area contributed by atoms with Crippen molar-refractivity contribution in [2.45, 2.75) is 31.7 Å². The van der Waals surface area contributed by atoms with Crippen LogP contribution in [0.2, 0.25) is 0 Å². The fraction of sp³-hybridized carbons (Fsp3) is 0.533. The Morgan fingerprint density at radius 3 is 2.84 bits per heavy atom. The molecule has 4 heteroatoms. The molecular weight excluding hydrogens is 238 g/mol. The highest BCUT2D eigenvalue weighted by Crippen LogP contribution is 2.24. The summed E-state index contributed by atoms with van der Waals surface area (Å²) in [5, 5.41) is 11.9. The molecule has 0 atom stereocenters. The maximum Gasteiger partial charge on any atom is 0.174 e. The first-order valence-electron chi connectivity index (χ1n) is 6.87. The van der Waals surface area contributed by atoms with Crippen molar-refractivity contribution in [1.82, 2.24) is 0 Å². The summed E-state index contributed by atoms with van der Waals surface area (Å²) in [5.74, 6) is 1.45. The van der Waals surface area contributed by atoms with Gasteiger partial charge in [0.1, 0.15) is 11.8 Å². The molecule has 1 fully saturated rings. The molecular formula is C15H21N3O. The molecule has 1 aliphatic carbocycles. The standard InChI is InChI=1S/C15H21N3O/c16-8-9-19-15-3-1-2-14(10-15)18-11-12-4-6-13(17)7-5-12/h1-3,10,12-13,18H,4-7,9,11,17H2. The average Bonchev–Trinajstić information content (AvgIpc) is 2.45. The lowest BCUT2D eigenvalue weighted by molar-refractivity contribution is 0.338. The Morgan fingerprint density at radius 1 is 1.32 bits per heavy atom. The van der Waals surface area contributed by atoms with Crippen LogP contribution >= 0.6 is 0 Å². The van der Waals surface area contributed by atoms with Gasteiger partial charge in [0.15, 0.2) is 6.61 Å². The van der Waals surface area contributed by atoms with Crippen LogP contribution in [0.4, 0.5) is 5.69 Å². The minimum absolute atomic E-state index is 0.0873. The van der Waals surface area contributed by atoms with Crippen LogP contribution in [0.3, 0.4) is 0 Å². The third kappa shape index (κ3) is 4.46. The van der Waals surface area contributed by atoms with Crippen LogP contribution in [0, 0.1) is 17.2 Å². The van der Waals surface area contributed by atoms with Gasteiger partial charge in [0.05, 0.1) is 0 Å². The van der Waals surface area contributed by atoms with E-state index < -0.39 is 0 Å². The van der Waals surface area contributed by atoms with Crippen molar-refractivity contribution in [2.75, 3.05) is 18.5 Å². The second-order valence-electron chi connectivity index (χ2n) is 5.14. The molecule has 0 bridgehead atoms. The number of hydrogen-bond donors (Lipinski definition) is 2. The second kappa shape index (κ2) is 7.01. The van der Waals surface area contributed by atoms with Gasteiger partial charge in [0, 0.05) is 24.3 Å². The van der Waals surface area contributed by atoms with Crippen molar-refractivity contribution < 1.29 is 4.74 Å². The van der Waals surface area contributed by atoms with E-state index in [2.05, 4.69) is 5.32 Å². The lowest BCUT2D eigenvalue weighted by Crippen LogP contribution is -2.29. The molecule has 19 heavy (non-hydrogen) atoms. The number of hydrogen-bond acceptors (Lipinski definition) is 4. The summed E-state index contributed by atoms with van der Waals surface area (Å²) in [6.45, 7) is 1.07. The van der Waals surface area contributed by atoms with Crippen molar-refractivity contribution in [3.8, 4) is 11.8 Å². The van der Waals surface area contributed by atoms with Gasteiger partial charge in [-0.25, -0.2) is 0 Å². The summed E-state index contributed by atoms with van der Waals surface area (Å²) < 4.78 is 5.28. The number of anilines is 1. The Balaban J connectivity index is 1.80. The summed E-state index contributed by atoms with van der Waals surface area (Å²) in [5.41, 5.74) is 6.95. The van der Waals surface area contributed by atoms with E-state index in [0.717, 1.165) is 30.8 Å². The number of nitrogens with zero attached hydrogens (tertiary/aromatic N) is 1. The van der Waals surface area contributed by atoms with Crippen LogP contribution in [0.5, 0.6) is 5.75 Å². The molecule has 0 saturated heterocycles. The van der Waals surface area contributed by atoms with Gasteiger partial charge >= 0.3 is 0 Å². The van der Waals surface area contributed by atoms with Gasteiger partial charge in [-0.2, -0.15) is 5.26 Å². The van der Waals surface area contributed by atoms with Gasteiger partial charge in [0.2, 0.25) is 0 Å². The van der Waals surface area contributed by atoms with Crippen molar-refractivity contribution in [2.24, 2.45) is 11.7 Å². The van der Waals surface area contributed by atoms with Crippen molar-refractivity contribution in [3.05, 3.63) is 24.3 Å². The third-order valence-corrected chi connectivity index (χ3v) is 3.62. The monoisotopic (exact) mass is 259 g/mol. The molecule has 0 unspecified atom stereocenters. The van der Waals surface area contributed by atoms with E-state index in [0.29, 0.717) is 12.0 Å². The summed E-state index contributed by atoms with van der Waals surface area (Å²) in [4.78, 5) is 0. The first-order chi connectivity index (χ1) is 9.28. The first kappa shape index (κ1) is 13.7. The van der Waals surface area contributed by atoms with Crippen molar-refractivity contribution in [1.29, 1.82) is 5.26 Å². The van der Waals surface area contributed by atoms with E-state index >= 15 is 0 Å². The molecule has 2 rings (SSSR count). The van der Waals surface area contributed by atoms with E-state index in [1.54, 1.807) is 0 Å². The Bertz CT molecular complexity index is 433. The zero-order chi connectivity index (χ0) is 13.5. The summed E-state index contributed by atoms with van der Waals surface area (Å²) in [7, 11) is 0. The normalized spacial score (nSPS) is 22.5. The zero-order valence-corrected chi connectivity index (χ0v) is 11.1. The van der Waals surface area contributed by atoms with Crippen molar-refractivity contribution in [3.63, 3.8) is 0 Å². The Hall–Kier alpha value is -1.73. The lowest BCUT2D eigenvalue weighted by atomic mass is 9.86. The summed E-state index contributed by atoms with van der Waals surface area (Å²) in [6.07, 6.45) is 4.69. The molecule has 0 radical (unpaired) electrons. The van der Waals surface area contributed by atoms with Crippen molar-refractivity contribution >= 4 is 5.69 Å². The van der Waals surface area contributed by atoms with Crippen LogP contribution in [-0.4, -0.2) is 19.2 Å². The van der Waals surface area contributed by atoms with Crippen LogP contribution in [-0.2, 0) is 0 Å². The molecule has 102 valence electrons. The molecule has 1 aliphatic rings. The SMILES string of the molecule is N#CCOc1cccc(NCC2CCC(N)CC2)c1. The maximum atomic E-state index is 8.49. The highest BCUT2D eigenvalue weighted by atomic mass is 16.5. The van der Waals surface area contributed by atoms with Gasteiger partial charge in [-0.1, -0.05) is 6.07 Å². The molecule has 1 aromatic rings. The molecule has 0 aliphatic heterocycles. The number of rotatable bonds is 5. The number of benzene rings is 1. The quantitative estimate of drug-likeness (QED) is 0.852. The number of ether oxygens (including phenoxy) is 1. The van der Waals surface area contributed by atoms with Gasteiger partial charge in [-0.15, -0.1) is 0 Å². The van der Waals surface area contributed by atoms with Crippen LogP contribution in [0.1, 0.15) is 25.7 Å². The zero-order valence-electron chi connectivity index (χ0n) is 11.1. The number of nitrogens with two attached hydrogens (primary N) is 1. The molecule has 0 heterocycles. The first-order valence-corrected chi connectivity index (χ1v) is 6.87. The van der Waals surface area contributed by atoms with E-state index in [9.17, 15) is 0 Å². The van der Waals surface area contributed by atoms with E-state index in [1.165, 1.54) is 12.8 Å². The Morgan fingerprint density at radius 2 is 2.11 bits per heavy atom. The molecule has 4 nitrogen and oxygen atoms in total. The Kier molecular flexibility index (Phi) is 5.05. The third-order valence-electron chi connectivity index (χ3n) is 3.62. The molecule has 1 saturated carbocycles. The highest BCUT2D eigenvalue weighted by molar-refractivity contribution is 5.48. The van der Waals surface area contributed by atoms with E-state index in [1.807, 2.05) is 30.3 Å². The summed E-state index contributed by atoms with van der Waals surface area (Å²) in [6, 6.07) is 10.1. The molecule has 0 spiro atoms. The fourth-order valence-electron chi connectivity index (χ4n) is 2.47. The average molecular weight is 259 g/mol. The van der Waals surface area contributed by atoms with Crippen LogP contribution in [0.15, 0.2) is 24.3 Å². The maximum absolute atomic E-state index is 8.49. The fourth-order valence-corrected chi connectivity index (χ4v) is 2.47. The van der Waals surface area contributed by atoms with Gasteiger partial charge in [-0.3, -0.25) is 0 Å².